The smallest absolute Gasteiger partial charge is 0.0641 e. The zero-order chi connectivity index (χ0) is 12.1. The molecule has 0 saturated heterocycles. The molecule has 1 atom stereocenters. The van der Waals surface area contributed by atoms with Crippen LogP contribution in [-0.2, 0) is 13.6 Å². The zero-order valence-corrected chi connectivity index (χ0v) is 10.9. The number of hydrogen-bond acceptors (Lipinski definition) is 2. The maximum atomic E-state index is 4.41. The van der Waals surface area contributed by atoms with Gasteiger partial charge in [0, 0.05) is 30.9 Å². The Morgan fingerprint density at radius 3 is 2.69 bits per heavy atom. The number of nitrogens with one attached hydrogen (secondary N) is 1. The fraction of sp³-hybridized carbons (Fsp3) is 0.615. The molecule has 1 heterocycles. The van der Waals surface area contributed by atoms with Gasteiger partial charge in [-0.2, -0.15) is 5.10 Å². The Bertz CT molecular complexity index is 352. The first kappa shape index (κ1) is 13.0. The molecule has 0 saturated carbocycles. The molecule has 16 heavy (non-hydrogen) atoms. The lowest BCUT2D eigenvalue weighted by atomic mass is 10.1. The minimum Gasteiger partial charge on any atom is -0.310 e. The second-order valence-electron chi connectivity index (χ2n) is 4.42. The Hall–Kier alpha value is -1.09. The van der Waals surface area contributed by atoms with Crippen LogP contribution in [-0.4, -0.2) is 15.8 Å². The highest BCUT2D eigenvalue weighted by atomic mass is 15.3. The Balaban J connectivity index is 2.51. The van der Waals surface area contributed by atoms with E-state index in [1.165, 1.54) is 11.3 Å². The number of hydrogen-bond donors (Lipinski definition) is 1. The topological polar surface area (TPSA) is 29.9 Å². The van der Waals surface area contributed by atoms with Crippen molar-refractivity contribution in [3.8, 4) is 0 Å². The molecular formula is C13H23N3. The fourth-order valence-corrected chi connectivity index (χ4v) is 1.82. The minimum atomic E-state index is 0.525. The van der Waals surface area contributed by atoms with Gasteiger partial charge in [0.2, 0.25) is 0 Å². The fourth-order valence-electron chi connectivity index (χ4n) is 1.82. The normalized spacial score (nSPS) is 12.8. The number of rotatable bonds is 6. The Labute approximate surface area is 98.5 Å². The van der Waals surface area contributed by atoms with E-state index in [0.29, 0.717) is 6.04 Å². The second kappa shape index (κ2) is 5.85. The molecule has 1 aromatic heterocycles. The van der Waals surface area contributed by atoms with Crippen LogP contribution in [0.3, 0.4) is 0 Å². The molecule has 1 N–H and O–H groups in total. The van der Waals surface area contributed by atoms with Gasteiger partial charge in [-0.05, 0) is 33.6 Å². The van der Waals surface area contributed by atoms with Gasteiger partial charge in [0.15, 0.2) is 0 Å². The summed E-state index contributed by atoms with van der Waals surface area (Å²) >= 11 is 0. The summed E-state index contributed by atoms with van der Waals surface area (Å²) < 4.78 is 1.95. The molecule has 90 valence electrons. The molecule has 3 nitrogen and oxygen atoms in total. The number of aryl methyl sites for hydroxylation is 2. The van der Waals surface area contributed by atoms with Gasteiger partial charge in [0.1, 0.15) is 0 Å². The van der Waals surface area contributed by atoms with Crippen LogP contribution >= 0.6 is 0 Å². The largest absolute Gasteiger partial charge is 0.310 e. The maximum absolute atomic E-state index is 4.41. The lowest BCUT2D eigenvalue weighted by Gasteiger charge is -2.12. The predicted molar refractivity (Wildman–Crippen MR) is 68.4 cm³/mol. The lowest BCUT2D eigenvalue weighted by Crippen LogP contribution is -2.25. The van der Waals surface area contributed by atoms with Gasteiger partial charge in [-0.3, -0.25) is 4.68 Å². The van der Waals surface area contributed by atoms with Gasteiger partial charge in [-0.1, -0.05) is 6.08 Å². The van der Waals surface area contributed by atoms with Crippen LogP contribution in [0, 0.1) is 13.8 Å². The van der Waals surface area contributed by atoms with E-state index in [0.717, 1.165) is 25.1 Å². The second-order valence-corrected chi connectivity index (χ2v) is 4.42. The van der Waals surface area contributed by atoms with Crippen molar-refractivity contribution in [2.24, 2.45) is 7.05 Å². The maximum Gasteiger partial charge on any atom is 0.0641 e. The molecule has 0 aliphatic heterocycles. The van der Waals surface area contributed by atoms with Gasteiger partial charge >= 0.3 is 0 Å². The third kappa shape index (κ3) is 3.20. The molecular weight excluding hydrogens is 198 g/mol. The van der Waals surface area contributed by atoms with Crippen LogP contribution in [0.5, 0.6) is 0 Å². The summed E-state index contributed by atoms with van der Waals surface area (Å²) in [7, 11) is 1.99. The van der Waals surface area contributed by atoms with Gasteiger partial charge in [0.25, 0.3) is 0 Å². The molecule has 0 spiro atoms. The Morgan fingerprint density at radius 1 is 1.50 bits per heavy atom. The molecule has 0 bridgehead atoms. The van der Waals surface area contributed by atoms with Crippen molar-refractivity contribution in [2.75, 3.05) is 0 Å². The summed E-state index contributed by atoms with van der Waals surface area (Å²) in [4.78, 5) is 0. The van der Waals surface area contributed by atoms with Crippen molar-refractivity contribution in [3.63, 3.8) is 0 Å². The first-order chi connectivity index (χ1) is 7.56. The minimum absolute atomic E-state index is 0.525. The highest BCUT2D eigenvalue weighted by molar-refractivity contribution is 5.24. The summed E-state index contributed by atoms with van der Waals surface area (Å²) in [6, 6.07) is 0.525. The standard InChI is InChI=1S/C13H23N3/c1-6-7-8-10(2)14-9-13-11(3)15-16(5)12(13)4/h6,10,14H,1,7-9H2,2-5H3. The van der Waals surface area contributed by atoms with E-state index < -0.39 is 0 Å². The summed E-state index contributed by atoms with van der Waals surface area (Å²) in [5.41, 5.74) is 3.71. The summed E-state index contributed by atoms with van der Waals surface area (Å²) in [6.45, 7) is 11.0. The van der Waals surface area contributed by atoms with Crippen LogP contribution in [0.1, 0.15) is 36.7 Å². The van der Waals surface area contributed by atoms with E-state index in [9.17, 15) is 0 Å². The van der Waals surface area contributed by atoms with Gasteiger partial charge < -0.3 is 5.32 Å². The molecule has 0 amide bonds. The molecule has 0 fully saturated rings. The molecule has 3 heteroatoms. The zero-order valence-electron chi connectivity index (χ0n) is 10.9. The third-order valence-corrected chi connectivity index (χ3v) is 3.09. The van der Waals surface area contributed by atoms with Crippen molar-refractivity contribution >= 4 is 0 Å². The van der Waals surface area contributed by atoms with E-state index in [4.69, 9.17) is 0 Å². The number of aromatic nitrogens is 2. The molecule has 0 aliphatic carbocycles. The molecule has 0 aliphatic rings. The average Bonchev–Trinajstić information content (AvgIpc) is 2.48. The molecule has 0 aromatic carbocycles. The van der Waals surface area contributed by atoms with Crippen LogP contribution in [0.2, 0.25) is 0 Å². The highest BCUT2D eigenvalue weighted by Crippen LogP contribution is 2.11. The number of allylic oxidation sites excluding steroid dienone is 1. The molecule has 1 rings (SSSR count). The van der Waals surface area contributed by atoms with Crippen molar-refractivity contribution < 1.29 is 0 Å². The predicted octanol–water partition coefficient (Wildman–Crippen LogP) is 2.48. The van der Waals surface area contributed by atoms with Crippen molar-refractivity contribution in [1.29, 1.82) is 0 Å². The lowest BCUT2D eigenvalue weighted by molar-refractivity contribution is 0.516. The van der Waals surface area contributed by atoms with Crippen LogP contribution in [0.25, 0.3) is 0 Å². The van der Waals surface area contributed by atoms with Gasteiger partial charge in [-0.15, -0.1) is 6.58 Å². The van der Waals surface area contributed by atoms with Crippen LogP contribution < -0.4 is 5.32 Å². The molecule has 1 aromatic rings. The Kier molecular flexibility index (Phi) is 4.74. The summed E-state index contributed by atoms with van der Waals surface area (Å²) in [5.74, 6) is 0. The monoisotopic (exact) mass is 221 g/mol. The summed E-state index contributed by atoms with van der Waals surface area (Å²) in [5, 5.41) is 7.94. The average molecular weight is 221 g/mol. The van der Waals surface area contributed by atoms with Crippen LogP contribution in [0.15, 0.2) is 12.7 Å². The van der Waals surface area contributed by atoms with Crippen molar-refractivity contribution in [1.82, 2.24) is 15.1 Å². The van der Waals surface area contributed by atoms with E-state index in [-0.39, 0.29) is 0 Å². The van der Waals surface area contributed by atoms with Crippen molar-refractivity contribution in [3.05, 3.63) is 29.6 Å². The summed E-state index contributed by atoms with van der Waals surface area (Å²) in [6.07, 6.45) is 4.18. The van der Waals surface area contributed by atoms with E-state index in [1.807, 2.05) is 17.8 Å². The first-order valence-electron chi connectivity index (χ1n) is 5.89. The number of nitrogens with zero attached hydrogens (tertiary/aromatic N) is 2. The van der Waals surface area contributed by atoms with Crippen molar-refractivity contribution in [2.45, 2.75) is 46.2 Å². The van der Waals surface area contributed by atoms with Gasteiger partial charge in [-0.25, -0.2) is 0 Å². The van der Waals surface area contributed by atoms with Gasteiger partial charge in [0.05, 0.1) is 5.69 Å². The molecule has 0 radical (unpaired) electrons. The quantitative estimate of drug-likeness (QED) is 0.748. The van der Waals surface area contributed by atoms with E-state index >= 15 is 0 Å². The first-order valence-corrected chi connectivity index (χ1v) is 5.89. The SMILES string of the molecule is C=CCCC(C)NCc1c(C)nn(C)c1C. The Morgan fingerprint density at radius 2 is 2.19 bits per heavy atom. The molecule has 1 unspecified atom stereocenters. The van der Waals surface area contributed by atoms with E-state index in [2.05, 4.69) is 37.8 Å². The third-order valence-electron chi connectivity index (χ3n) is 3.09. The van der Waals surface area contributed by atoms with E-state index in [1.54, 1.807) is 0 Å². The van der Waals surface area contributed by atoms with Crippen LogP contribution in [0.4, 0.5) is 0 Å². The highest BCUT2D eigenvalue weighted by Gasteiger charge is 2.09.